The fourth-order valence-corrected chi connectivity index (χ4v) is 3.57. The molecule has 168 valence electrons. The van der Waals surface area contributed by atoms with E-state index in [1.807, 2.05) is 24.3 Å². The quantitative estimate of drug-likeness (QED) is 0.318. The summed E-state index contributed by atoms with van der Waals surface area (Å²) >= 11 is 3.36. The van der Waals surface area contributed by atoms with Gasteiger partial charge < -0.3 is 15.6 Å². The molecule has 0 saturated heterocycles. The van der Waals surface area contributed by atoms with E-state index in [9.17, 15) is 18.3 Å². The zero-order valence-electron chi connectivity index (χ0n) is 17.0. The van der Waals surface area contributed by atoms with Gasteiger partial charge in [0, 0.05) is 21.7 Å². The van der Waals surface area contributed by atoms with Gasteiger partial charge in [0.2, 0.25) is 5.95 Å². The van der Waals surface area contributed by atoms with Gasteiger partial charge in [-0.1, -0.05) is 58.4 Å². The van der Waals surface area contributed by atoms with Crippen LogP contribution >= 0.6 is 15.9 Å². The summed E-state index contributed by atoms with van der Waals surface area (Å²) in [4.78, 5) is 7.50. The van der Waals surface area contributed by atoms with Crippen LogP contribution in [0.4, 0.5) is 19.1 Å². The molecule has 0 aliphatic carbocycles. The van der Waals surface area contributed by atoms with Gasteiger partial charge in [0.1, 0.15) is 18.1 Å². The number of benzene rings is 3. The molecule has 4 aromatic rings. The third-order valence-electron chi connectivity index (χ3n) is 4.80. The Morgan fingerprint density at radius 1 is 0.939 bits per heavy atom. The zero-order chi connectivity index (χ0) is 23.6. The molecule has 33 heavy (non-hydrogen) atoms. The summed E-state index contributed by atoms with van der Waals surface area (Å²) in [7, 11) is 0. The molecule has 0 radical (unpaired) electrons. The van der Waals surface area contributed by atoms with Gasteiger partial charge in [-0.25, -0.2) is 9.97 Å². The molecule has 0 bridgehead atoms. The summed E-state index contributed by atoms with van der Waals surface area (Å²) in [5, 5.41) is 10.7. The third-order valence-corrected chi connectivity index (χ3v) is 5.33. The summed E-state index contributed by atoms with van der Waals surface area (Å²) in [5.41, 5.74) is 5.27. The van der Waals surface area contributed by atoms with E-state index in [1.54, 1.807) is 24.3 Å². The molecule has 0 atom stereocenters. The lowest BCUT2D eigenvalue weighted by Gasteiger charge is -2.17. The average molecular weight is 516 g/mol. The molecule has 3 N–H and O–H groups in total. The molecule has 5 nitrogen and oxygen atoms in total. The number of anilines is 1. The maximum Gasteiger partial charge on any atom is 0.434 e. The minimum Gasteiger partial charge on any atom is -0.507 e. The van der Waals surface area contributed by atoms with Crippen LogP contribution in [0.2, 0.25) is 0 Å². The molecule has 0 saturated carbocycles. The van der Waals surface area contributed by atoms with Gasteiger partial charge in [-0.15, -0.1) is 0 Å². The number of aromatic hydroxyl groups is 1. The monoisotopic (exact) mass is 515 g/mol. The first kappa shape index (κ1) is 22.6. The SMILES string of the molecule is Nc1nc(-c2ccc(OCc3ccc(Br)cc3)cc2O)c(-c2ccccc2)c(C(F)(F)F)n1. The minimum atomic E-state index is -4.78. The number of nitrogens with zero attached hydrogens (tertiary/aromatic N) is 2. The fourth-order valence-electron chi connectivity index (χ4n) is 3.31. The Morgan fingerprint density at radius 2 is 1.64 bits per heavy atom. The van der Waals surface area contributed by atoms with Gasteiger partial charge in [-0.05, 0) is 35.4 Å². The van der Waals surface area contributed by atoms with E-state index in [2.05, 4.69) is 25.9 Å². The predicted octanol–water partition coefficient (Wildman–Crippen LogP) is 6.46. The Hall–Kier alpha value is -3.59. The Kier molecular flexibility index (Phi) is 6.24. The van der Waals surface area contributed by atoms with Gasteiger partial charge >= 0.3 is 6.18 Å². The fraction of sp³-hybridized carbons (Fsp3) is 0.0833. The van der Waals surface area contributed by atoms with Crippen LogP contribution in [-0.2, 0) is 12.8 Å². The molecular formula is C24H17BrF3N3O2. The summed E-state index contributed by atoms with van der Waals surface area (Å²) in [5.74, 6) is -0.503. The number of alkyl halides is 3. The van der Waals surface area contributed by atoms with Crippen molar-refractivity contribution in [1.29, 1.82) is 0 Å². The lowest BCUT2D eigenvalue weighted by Crippen LogP contribution is -2.14. The van der Waals surface area contributed by atoms with E-state index in [1.165, 1.54) is 24.3 Å². The maximum absolute atomic E-state index is 13.8. The van der Waals surface area contributed by atoms with Gasteiger partial charge in [-0.3, -0.25) is 0 Å². The predicted molar refractivity (Wildman–Crippen MR) is 122 cm³/mol. The Balaban J connectivity index is 1.75. The first-order valence-electron chi connectivity index (χ1n) is 9.73. The molecule has 4 rings (SSSR count). The van der Waals surface area contributed by atoms with Crippen molar-refractivity contribution < 1.29 is 23.0 Å². The van der Waals surface area contributed by atoms with Crippen molar-refractivity contribution in [3.05, 3.63) is 88.5 Å². The summed E-state index contributed by atoms with van der Waals surface area (Å²) in [6, 6.07) is 19.8. The van der Waals surface area contributed by atoms with Crippen molar-refractivity contribution >= 4 is 21.9 Å². The number of nitrogen functional groups attached to an aromatic ring is 1. The molecule has 0 fully saturated rings. The van der Waals surface area contributed by atoms with Crippen molar-refractivity contribution in [2.75, 3.05) is 5.73 Å². The normalized spacial score (nSPS) is 11.4. The molecule has 0 amide bonds. The Bertz CT molecular complexity index is 1280. The lowest BCUT2D eigenvalue weighted by atomic mass is 9.96. The van der Waals surface area contributed by atoms with E-state index >= 15 is 0 Å². The van der Waals surface area contributed by atoms with Gasteiger partial charge in [0.05, 0.1) is 5.69 Å². The van der Waals surface area contributed by atoms with Crippen molar-refractivity contribution in [1.82, 2.24) is 9.97 Å². The van der Waals surface area contributed by atoms with Crippen LogP contribution in [0.15, 0.2) is 77.3 Å². The average Bonchev–Trinajstić information content (AvgIpc) is 2.78. The molecule has 3 aromatic carbocycles. The standard InChI is InChI=1S/C24H17BrF3N3O2/c25-16-8-6-14(7-9-16)13-33-17-10-11-18(19(32)12-17)21-20(15-4-2-1-3-5-15)22(24(26,27)28)31-23(29)30-21/h1-12,32H,13H2,(H2,29,30,31). The van der Waals surface area contributed by atoms with Crippen molar-refractivity contribution in [2.24, 2.45) is 0 Å². The molecule has 0 aliphatic rings. The second-order valence-electron chi connectivity index (χ2n) is 7.11. The van der Waals surface area contributed by atoms with Crippen molar-refractivity contribution in [2.45, 2.75) is 12.8 Å². The van der Waals surface area contributed by atoms with Crippen LogP contribution in [0, 0.1) is 0 Å². The highest BCUT2D eigenvalue weighted by molar-refractivity contribution is 9.10. The number of ether oxygens (including phenoxy) is 1. The van der Waals surface area contributed by atoms with Gasteiger partial charge in [-0.2, -0.15) is 13.2 Å². The number of hydrogen-bond donors (Lipinski definition) is 2. The number of phenols is 1. The van der Waals surface area contributed by atoms with Crippen LogP contribution in [0.25, 0.3) is 22.4 Å². The number of halogens is 4. The summed E-state index contributed by atoms with van der Waals surface area (Å²) < 4.78 is 48.1. The van der Waals surface area contributed by atoms with Crippen molar-refractivity contribution in [3.8, 4) is 33.9 Å². The molecular weight excluding hydrogens is 499 g/mol. The van der Waals surface area contributed by atoms with Crippen LogP contribution in [0.1, 0.15) is 11.3 Å². The van der Waals surface area contributed by atoms with Crippen LogP contribution in [0.5, 0.6) is 11.5 Å². The second-order valence-corrected chi connectivity index (χ2v) is 8.03. The zero-order valence-corrected chi connectivity index (χ0v) is 18.6. The molecule has 1 aromatic heterocycles. The van der Waals surface area contributed by atoms with Gasteiger partial charge in [0.25, 0.3) is 0 Å². The minimum absolute atomic E-state index is 0.0736. The number of rotatable bonds is 5. The number of hydrogen-bond acceptors (Lipinski definition) is 5. The second kappa shape index (κ2) is 9.11. The van der Waals surface area contributed by atoms with E-state index in [0.29, 0.717) is 5.75 Å². The highest BCUT2D eigenvalue weighted by atomic mass is 79.9. The smallest absolute Gasteiger partial charge is 0.434 e. The largest absolute Gasteiger partial charge is 0.507 e. The summed E-state index contributed by atoms with van der Waals surface area (Å²) in [6.45, 7) is 0.250. The van der Waals surface area contributed by atoms with Crippen molar-refractivity contribution in [3.63, 3.8) is 0 Å². The van der Waals surface area contributed by atoms with Crippen LogP contribution in [-0.4, -0.2) is 15.1 Å². The van der Waals surface area contributed by atoms with E-state index in [4.69, 9.17) is 10.5 Å². The molecule has 1 heterocycles. The first-order valence-corrected chi connectivity index (χ1v) is 10.5. The molecule has 0 spiro atoms. The number of phenolic OH excluding ortho intramolecular Hbond substituents is 1. The highest BCUT2D eigenvalue weighted by Gasteiger charge is 2.38. The molecule has 9 heteroatoms. The van der Waals surface area contributed by atoms with Gasteiger partial charge in [0.15, 0.2) is 5.69 Å². The summed E-state index contributed by atoms with van der Waals surface area (Å²) in [6.07, 6.45) is -4.78. The molecule has 0 unspecified atom stereocenters. The maximum atomic E-state index is 13.8. The third kappa shape index (κ3) is 5.09. The Labute approximate surface area is 195 Å². The highest BCUT2D eigenvalue weighted by Crippen LogP contribution is 2.43. The number of nitrogens with two attached hydrogens (primary N) is 1. The first-order chi connectivity index (χ1) is 15.7. The lowest BCUT2D eigenvalue weighted by molar-refractivity contribution is -0.140. The van der Waals surface area contributed by atoms with E-state index in [0.717, 1.165) is 10.0 Å². The Morgan fingerprint density at radius 3 is 2.27 bits per heavy atom. The van der Waals surface area contributed by atoms with Crippen LogP contribution < -0.4 is 10.5 Å². The topological polar surface area (TPSA) is 81.3 Å². The number of aromatic nitrogens is 2. The van der Waals surface area contributed by atoms with E-state index in [-0.39, 0.29) is 34.7 Å². The molecule has 0 aliphatic heterocycles. The van der Waals surface area contributed by atoms with E-state index < -0.39 is 17.8 Å². The van der Waals surface area contributed by atoms with Crippen LogP contribution in [0.3, 0.4) is 0 Å².